The van der Waals surface area contributed by atoms with Crippen LogP contribution in [0.5, 0.6) is 0 Å². The minimum Gasteiger partial charge on any atom is -0.310 e. The number of pyridine rings is 1. The van der Waals surface area contributed by atoms with Gasteiger partial charge in [0.05, 0.1) is 0 Å². The van der Waals surface area contributed by atoms with Gasteiger partial charge in [-0.05, 0) is 61.8 Å². The molecule has 2 nitrogen and oxygen atoms in total. The molecule has 0 aromatic carbocycles. The van der Waals surface area contributed by atoms with Gasteiger partial charge in [0, 0.05) is 17.9 Å². The molecule has 1 aliphatic rings. The maximum atomic E-state index is 4.43. The van der Waals surface area contributed by atoms with E-state index in [9.17, 15) is 0 Å². The van der Waals surface area contributed by atoms with E-state index in [-0.39, 0.29) is 0 Å². The lowest BCUT2D eigenvalue weighted by molar-refractivity contribution is 0.374. The van der Waals surface area contributed by atoms with Crippen molar-refractivity contribution in [2.75, 3.05) is 18.1 Å². The van der Waals surface area contributed by atoms with Gasteiger partial charge in [-0.15, -0.1) is 0 Å². The lowest BCUT2D eigenvalue weighted by Crippen LogP contribution is -2.25. The van der Waals surface area contributed by atoms with E-state index >= 15 is 0 Å². The SMILES string of the molecule is CCNC(CC1CCSCC1)c1ccc(C)nc1. The number of nitrogens with one attached hydrogen (secondary N) is 1. The molecule has 3 heteroatoms. The van der Waals surface area contributed by atoms with Crippen molar-refractivity contribution in [1.29, 1.82) is 0 Å². The number of thioether (sulfide) groups is 1. The topological polar surface area (TPSA) is 24.9 Å². The highest BCUT2D eigenvalue weighted by atomic mass is 32.2. The van der Waals surface area contributed by atoms with Crippen LogP contribution < -0.4 is 5.32 Å². The molecule has 1 fully saturated rings. The lowest BCUT2D eigenvalue weighted by atomic mass is 9.91. The van der Waals surface area contributed by atoms with E-state index in [0.717, 1.165) is 18.2 Å². The van der Waals surface area contributed by atoms with E-state index in [2.05, 4.69) is 41.1 Å². The molecule has 0 radical (unpaired) electrons. The molecule has 2 heterocycles. The Bertz CT molecular complexity index is 344. The maximum Gasteiger partial charge on any atom is 0.0372 e. The highest BCUT2D eigenvalue weighted by Crippen LogP contribution is 2.30. The molecule has 1 aromatic rings. The van der Waals surface area contributed by atoms with Crippen molar-refractivity contribution in [3.8, 4) is 0 Å². The smallest absolute Gasteiger partial charge is 0.0372 e. The molecule has 1 saturated heterocycles. The van der Waals surface area contributed by atoms with Crippen LogP contribution in [0.4, 0.5) is 0 Å². The molecular weight excluding hydrogens is 240 g/mol. The van der Waals surface area contributed by atoms with Gasteiger partial charge in [0.15, 0.2) is 0 Å². The summed E-state index contributed by atoms with van der Waals surface area (Å²) in [5, 5.41) is 3.62. The Morgan fingerprint density at radius 1 is 1.39 bits per heavy atom. The molecule has 1 aromatic heterocycles. The number of rotatable bonds is 5. The van der Waals surface area contributed by atoms with E-state index in [1.165, 1.54) is 36.3 Å². The zero-order chi connectivity index (χ0) is 12.8. The molecule has 100 valence electrons. The fraction of sp³-hybridized carbons (Fsp3) is 0.667. The van der Waals surface area contributed by atoms with Crippen molar-refractivity contribution in [2.24, 2.45) is 5.92 Å². The zero-order valence-electron chi connectivity index (χ0n) is 11.5. The van der Waals surface area contributed by atoms with Crippen LogP contribution >= 0.6 is 11.8 Å². The van der Waals surface area contributed by atoms with Crippen molar-refractivity contribution in [3.05, 3.63) is 29.6 Å². The van der Waals surface area contributed by atoms with Gasteiger partial charge in [0.25, 0.3) is 0 Å². The summed E-state index contributed by atoms with van der Waals surface area (Å²) >= 11 is 2.10. The van der Waals surface area contributed by atoms with E-state index in [4.69, 9.17) is 0 Å². The number of nitrogens with zero attached hydrogens (tertiary/aromatic N) is 1. The molecule has 1 N–H and O–H groups in total. The number of hydrogen-bond acceptors (Lipinski definition) is 3. The van der Waals surface area contributed by atoms with Crippen LogP contribution in [-0.4, -0.2) is 23.0 Å². The molecule has 0 spiro atoms. The second kappa shape index (κ2) is 7.15. The number of aryl methyl sites for hydroxylation is 1. The Morgan fingerprint density at radius 3 is 2.78 bits per heavy atom. The summed E-state index contributed by atoms with van der Waals surface area (Å²) in [6, 6.07) is 4.83. The van der Waals surface area contributed by atoms with Crippen molar-refractivity contribution >= 4 is 11.8 Å². The van der Waals surface area contributed by atoms with Gasteiger partial charge in [-0.3, -0.25) is 4.98 Å². The van der Waals surface area contributed by atoms with Crippen LogP contribution in [0.3, 0.4) is 0 Å². The van der Waals surface area contributed by atoms with Crippen LogP contribution in [-0.2, 0) is 0 Å². The Kier molecular flexibility index (Phi) is 5.51. The first kappa shape index (κ1) is 13.9. The average molecular weight is 264 g/mol. The third kappa shape index (κ3) is 3.99. The highest BCUT2D eigenvalue weighted by Gasteiger charge is 2.19. The molecule has 0 saturated carbocycles. The van der Waals surface area contributed by atoms with Crippen molar-refractivity contribution in [2.45, 2.75) is 39.2 Å². The first-order chi connectivity index (χ1) is 8.79. The fourth-order valence-corrected chi connectivity index (χ4v) is 3.79. The quantitative estimate of drug-likeness (QED) is 0.880. The monoisotopic (exact) mass is 264 g/mol. The molecule has 18 heavy (non-hydrogen) atoms. The summed E-state index contributed by atoms with van der Waals surface area (Å²) < 4.78 is 0. The summed E-state index contributed by atoms with van der Waals surface area (Å²) in [5.41, 5.74) is 2.45. The minimum absolute atomic E-state index is 0.483. The van der Waals surface area contributed by atoms with Gasteiger partial charge < -0.3 is 5.32 Å². The molecule has 0 aliphatic carbocycles. The summed E-state index contributed by atoms with van der Waals surface area (Å²) in [7, 11) is 0. The Labute approximate surface area is 115 Å². The number of hydrogen-bond donors (Lipinski definition) is 1. The Balaban J connectivity index is 2.00. The number of aromatic nitrogens is 1. The van der Waals surface area contributed by atoms with Crippen molar-refractivity contribution in [1.82, 2.24) is 10.3 Å². The molecule has 1 unspecified atom stereocenters. The standard InChI is InChI=1S/C15H24N2S/c1-3-16-15(10-13-6-8-18-9-7-13)14-5-4-12(2)17-11-14/h4-5,11,13,15-16H,3,6-10H2,1-2H3. The minimum atomic E-state index is 0.483. The van der Waals surface area contributed by atoms with Gasteiger partial charge in [-0.2, -0.15) is 11.8 Å². The van der Waals surface area contributed by atoms with Gasteiger partial charge >= 0.3 is 0 Å². The highest BCUT2D eigenvalue weighted by molar-refractivity contribution is 7.99. The van der Waals surface area contributed by atoms with Crippen LogP contribution in [0.25, 0.3) is 0 Å². The second-order valence-electron chi connectivity index (χ2n) is 5.13. The molecule has 1 aliphatic heterocycles. The molecule has 0 bridgehead atoms. The third-order valence-electron chi connectivity index (χ3n) is 3.70. The Morgan fingerprint density at radius 2 is 2.17 bits per heavy atom. The van der Waals surface area contributed by atoms with Crippen LogP contribution in [0, 0.1) is 12.8 Å². The summed E-state index contributed by atoms with van der Waals surface area (Å²) in [6.07, 6.45) is 6.07. The summed E-state index contributed by atoms with van der Waals surface area (Å²) in [4.78, 5) is 4.43. The van der Waals surface area contributed by atoms with Gasteiger partial charge in [0.2, 0.25) is 0 Å². The van der Waals surface area contributed by atoms with Crippen LogP contribution in [0.15, 0.2) is 18.3 Å². The summed E-state index contributed by atoms with van der Waals surface area (Å²) in [6.45, 7) is 5.26. The van der Waals surface area contributed by atoms with Gasteiger partial charge in [-0.1, -0.05) is 13.0 Å². The lowest BCUT2D eigenvalue weighted by Gasteiger charge is -2.27. The van der Waals surface area contributed by atoms with Crippen molar-refractivity contribution < 1.29 is 0 Å². The van der Waals surface area contributed by atoms with Crippen LogP contribution in [0.2, 0.25) is 0 Å². The molecule has 2 rings (SSSR count). The Hall–Kier alpha value is -0.540. The summed E-state index contributed by atoms with van der Waals surface area (Å²) in [5.74, 6) is 3.57. The second-order valence-corrected chi connectivity index (χ2v) is 6.36. The molecule has 1 atom stereocenters. The van der Waals surface area contributed by atoms with E-state index in [1.54, 1.807) is 0 Å². The van der Waals surface area contributed by atoms with E-state index in [0.29, 0.717) is 6.04 Å². The maximum absolute atomic E-state index is 4.43. The van der Waals surface area contributed by atoms with E-state index < -0.39 is 0 Å². The van der Waals surface area contributed by atoms with E-state index in [1.807, 2.05) is 13.1 Å². The first-order valence-electron chi connectivity index (χ1n) is 7.03. The largest absolute Gasteiger partial charge is 0.310 e. The normalized spacial score (nSPS) is 18.8. The molecule has 0 amide bonds. The van der Waals surface area contributed by atoms with Crippen LogP contribution in [0.1, 0.15) is 43.5 Å². The fourth-order valence-electron chi connectivity index (χ4n) is 2.58. The predicted octanol–water partition coefficient (Wildman–Crippen LogP) is 3.57. The first-order valence-corrected chi connectivity index (χ1v) is 8.18. The predicted molar refractivity (Wildman–Crippen MR) is 80.1 cm³/mol. The average Bonchev–Trinajstić information content (AvgIpc) is 2.40. The molecular formula is C15H24N2S. The zero-order valence-corrected chi connectivity index (χ0v) is 12.3. The van der Waals surface area contributed by atoms with Crippen molar-refractivity contribution in [3.63, 3.8) is 0 Å². The third-order valence-corrected chi connectivity index (χ3v) is 4.75. The van der Waals surface area contributed by atoms with Gasteiger partial charge in [0.1, 0.15) is 0 Å². The van der Waals surface area contributed by atoms with Gasteiger partial charge in [-0.25, -0.2) is 0 Å².